The number of aromatic nitrogens is 4. The van der Waals surface area contributed by atoms with E-state index in [1.54, 1.807) is 12.5 Å². The van der Waals surface area contributed by atoms with Crippen molar-refractivity contribution in [2.45, 2.75) is 38.5 Å². The molecule has 0 saturated heterocycles. The van der Waals surface area contributed by atoms with Gasteiger partial charge in [0.25, 0.3) is 5.91 Å². The molecular weight excluding hydrogens is 338 g/mol. The highest BCUT2D eigenvalue weighted by molar-refractivity contribution is 5.95. The van der Waals surface area contributed by atoms with E-state index in [2.05, 4.69) is 26.3 Å². The molecule has 1 fully saturated rings. The van der Waals surface area contributed by atoms with Gasteiger partial charge in [0.15, 0.2) is 5.82 Å². The number of amides is 1. The summed E-state index contributed by atoms with van der Waals surface area (Å²) >= 11 is 0. The van der Waals surface area contributed by atoms with E-state index in [0.717, 1.165) is 29.1 Å². The van der Waals surface area contributed by atoms with Crippen LogP contribution >= 0.6 is 0 Å². The number of hydrogen-bond acceptors (Lipinski definition) is 4. The minimum atomic E-state index is -0.0942. The molecule has 6 heteroatoms. The van der Waals surface area contributed by atoms with Crippen LogP contribution in [0.1, 0.15) is 52.6 Å². The molecule has 138 valence electrons. The SMILES string of the molecule is Cc1cc(C2CCC2)nc(-c2cccc(C(=O)NCCc3cnc[nH]3)c2)n1. The summed E-state index contributed by atoms with van der Waals surface area (Å²) in [5.74, 6) is 1.16. The lowest BCUT2D eigenvalue weighted by Crippen LogP contribution is -2.25. The quantitative estimate of drug-likeness (QED) is 0.705. The third kappa shape index (κ3) is 4.05. The second-order valence-electron chi connectivity index (χ2n) is 7.05. The van der Waals surface area contributed by atoms with Crippen LogP contribution in [0, 0.1) is 6.92 Å². The van der Waals surface area contributed by atoms with E-state index in [1.807, 2.05) is 31.2 Å². The van der Waals surface area contributed by atoms with Crippen LogP contribution in [-0.2, 0) is 6.42 Å². The number of nitrogens with zero attached hydrogens (tertiary/aromatic N) is 3. The summed E-state index contributed by atoms with van der Waals surface area (Å²) < 4.78 is 0. The number of carbonyl (C=O) groups is 1. The average molecular weight is 361 g/mol. The van der Waals surface area contributed by atoms with Crippen molar-refractivity contribution in [2.24, 2.45) is 0 Å². The number of rotatable bonds is 6. The molecule has 0 bridgehead atoms. The Hall–Kier alpha value is -3.02. The molecular formula is C21H23N5O. The fourth-order valence-electron chi connectivity index (χ4n) is 3.27. The van der Waals surface area contributed by atoms with Crippen LogP contribution in [0.15, 0.2) is 42.9 Å². The molecule has 0 spiro atoms. The van der Waals surface area contributed by atoms with Crippen LogP contribution in [0.4, 0.5) is 0 Å². The molecule has 1 aliphatic carbocycles. The van der Waals surface area contributed by atoms with Gasteiger partial charge in [-0.05, 0) is 38.0 Å². The molecule has 1 aliphatic rings. The first-order chi connectivity index (χ1) is 13.2. The van der Waals surface area contributed by atoms with Gasteiger partial charge < -0.3 is 10.3 Å². The Bertz CT molecular complexity index is 932. The fraction of sp³-hybridized carbons (Fsp3) is 0.333. The standard InChI is InChI=1S/C21H23N5O/c1-14-10-19(15-4-2-5-15)26-20(25-14)16-6-3-7-17(11-16)21(27)23-9-8-18-12-22-13-24-18/h3,6-7,10-13,15H,2,4-5,8-9H2,1H3,(H,22,24)(H,23,27). The highest BCUT2D eigenvalue weighted by Gasteiger charge is 2.22. The van der Waals surface area contributed by atoms with Gasteiger partial charge in [0.2, 0.25) is 0 Å². The van der Waals surface area contributed by atoms with Gasteiger partial charge in [0.1, 0.15) is 0 Å². The van der Waals surface area contributed by atoms with Gasteiger partial charge in [-0.1, -0.05) is 18.6 Å². The molecule has 2 N–H and O–H groups in total. The number of nitrogens with one attached hydrogen (secondary N) is 2. The molecule has 2 heterocycles. The smallest absolute Gasteiger partial charge is 0.251 e. The van der Waals surface area contributed by atoms with E-state index in [4.69, 9.17) is 4.98 Å². The van der Waals surface area contributed by atoms with Gasteiger partial charge in [-0.2, -0.15) is 0 Å². The zero-order valence-corrected chi connectivity index (χ0v) is 15.4. The first-order valence-corrected chi connectivity index (χ1v) is 9.40. The molecule has 0 unspecified atom stereocenters. The highest BCUT2D eigenvalue weighted by atomic mass is 16.1. The molecule has 3 aromatic rings. The van der Waals surface area contributed by atoms with Crippen molar-refractivity contribution in [3.63, 3.8) is 0 Å². The molecule has 0 aliphatic heterocycles. The van der Waals surface area contributed by atoms with Gasteiger partial charge in [-0.25, -0.2) is 15.0 Å². The van der Waals surface area contributed by atoms with E-state index in [0.29, 0.717) is 23.9 Å². The fourth-order valence-corrected chi connectivity index (χ4v) is 3.27. The van der Waals surface area contributed by atoms with Crippen molar-refractivity contribution in [1.29, 1.82) is 0 Å². The molecule has 2 aromatic heterocycles. The van der Waals surface area contributed by atoms with E-state index < -0.39 is 0 Å². The minimum Gasteiger partial charge on any atom is -0.352 e. The maximum absolute atomic E-state index is 12.5. The molecule has 6 nitrogen and oxygen atoms in total. The van der Waals surface area contributed by atoms with E-state index in [-0.39, 0.29) is 5.91 Å². The van der Waals surface area contributed by atoms with Crippen molar-refractivity contribution in [3.05, 3.63) is 65.5 Å². The zero-order valence-electron chi connectivity index (χ0n) is 15.4. The molecule has 0 radical (unpaired) electrons. The summed E-state index contributed by atoms with van der Waals surface area (Å²) in [6, 6.07) is 9.61. The lowest BCUT2D eigenvalue weighted by molar-refractivity contribution is 0.0954. The van der Waals surface area contributed by atoms with Crippen LogP contribution in [0.25, 0.3) is 11.4 Å². The van der Waals surface area contributed by atoms with Crippen LogP contribution in [0.2, 0.25) is 0 Å². The Morgan fingerprint density at radius 1 is 1.26 bits per heavy atom. The number of aromatic amines is 1. The second-order valence-corrected chi connectivity index (χ2v) is 7.05. The molecule has 27 heavy (non-hydrogen) atoms. The van der Waals surface area contributed by atoms with E-state index in [1.165, 1.54) is 19.3 Å². The molecule has 1 amide bonds. The normalized spacial score (nSPS) is 14.0. The number of H-pyrrole nitrogens is 1. The average Bonchev–Trinajstić information content (AvgIpc) is 3.13. The lowest BCUT2D eigenvalue weighted by atomic mass is 9.82. The van der Waals surface area contributed by atoms with Gasteiger partial charge >= 0.3 is 0 Å². The Morgan fingerprint density at radius 3 is 2.89 bits per heavy atom. The molecule has 1 saturated carbocycles. The largest absolute Gasteiger partial charge is 0.352 e. The van der Waals surface area contributed by atoms with Crippen LogP contribution < -0.4 is 5.32 Å². The number of aryl methyl sites for hydroxylation is 1. The number of carbonyl (C=O) groups excluding carboxylic acids is 1. The van der Waals surface area contributed by atoms with Crippen molar-refractivity contribution < 1.29 is 4.79 Å². The first kappa shape index (κ1) is 17.4. The van der Waals surface area contributed by atoms with Crippen LogP contribution in [0.3, 0.4) is 0 Å². The van der Waals surface area contributed by atoms with Crippen molar-refractivity contribution in [2.75, 3.05) is 6.54 Å². The number of imidazole rings is 1. The minimum absolute atomic E-state index is 0.0942. The van der Waals surface area contributed by atoms with Gasteiger partial charge in [-0.15, -0.1) is 0 Å². The first-order valence-electron chi connectivity index (χ1n) is 9.40. The molecule has 1 aromatic carbocycles. The van der Waals surface area contributed by atoms with Crippen LogP contribution in [0.5, 0.6) is 0 Å². The summed E-state index contributed by atoms with van der Waals surface area (Å²) in [7, 11) is 0. The predicted molar refractivity (Wildman–Crippen MR) is 103 cm³/mol. The third-order valence-electron chi connectivity index (χ3n) is 5.02. The predicted octanol–water partition coefficient (Wildman–Crippen LogP) is 3.42. The Kier molecular flexibility index (Phi) is 4.96. The summed E-state index contributed by atoms with van der Waals surface area (Å²) in [6.07, 6.45) is 7.81. The molecule has 0 atom stereocenters. The maximum atomic E-state index is 12.5. The summed E-state index contributed by atoms with van der Waals surface area (Å²) in [5, 5.41) is 2.95. The monoisotopic (exact) mass is 361 g/mol. The summed E-state index contributed by atoms with van der Waals surface area (Å²) in [4.78, 5) is 28.8. The lowest BCUT2D eigenvalue weighted by Gasteiger charge is -2.25. The van der Waals surface area contributed by atoms with E-state index in [9.17, 15) is 4.79 Å². The van der Waals surface area contributed by atoms with Gasteiger partial charge in [0, 0.05) is 53.3 Å². The Morgan fingerprint density at radius 2 is 2.15 bits per heavy atom. The Labute approximate surface area is 158 Å². The summed E-state index contributed by atoms with van der Waals surface area (Å²) in [6.45, 7) is 2.55. The van der Waals surface area contributed by atoms with Gasteiger partial charge in [0.05, 0.1) is 6.33 Å². The van der Waals surface area contributed by atoms with Crippen molar-refractivity contribution >= 4 is 5.91 Å². The number of benzene rings is 1. The van der Waals surface area contributed by atoms with E-state index >= 15 is 0 Å². The van der Waals surface area contributed by atoms with Crippen molar-refractivity contribution in [3.8, 4) is 11.4 Å². The summed E-state index contributed by atoms with van der Waals surface area (Å²) in [5.41, 5.74) is 4.59. The zero-order chi connectivity index (χ0) is 18.6. The Balaban J connectivity index is 1.48. The maximum Gasteiger partial charge on any atom is 0.251 e. The topological polar surface area (TPSA) is 83.6 Å². The second kappa shape index (κ2) is 7.70. The third-order valence-corrected chi connectivity index (χ3v) is 5.02. The highest BCUT2D eigenvalue weighted by Crippen LogP contribution is 2.36. The van der Waals surface area contributed by atoms with Gasteiger partial charge in [-0.3, -0.25) is 4.79 Å². The van der Waals surface area contributed by atoms with Crippen LogP contribution in [-0.4, -0.2) is 32.4 Å². The van der Waals surface area contributed by atoms with Crippen molar-refractivity contribution in [1.82, 2.24) is 25.3 Å². The molecule has 4 rings (SSSR count). The number of hydrogen-bond donors (Lipinski definition) is 2.